The molecule has 1 aromatic carbocycles. The van der Waals surface area contributed by atoms with Crippen LogP contribution in [0.5, 0.6) is 0 Å². The number of aromatic nitrogens is 1. The standard InChI is InChI=1S/C14H13NO3/c1-15-7-6-11(8-13(15)16)12-5-3-2-4-10(12)9-14(17)18/h2-8H,9H2,1H3,(H,17,18). The van der Waals surface area contributed by atoms with Crippen molar-refractivity contribution in [1.29, 1.82) is 0 Å². The molecule has 0 bridgehead atoms. The molecule has 0 amide bonds. The number of pyridine rings is 1. The van der Waals surface area contributed by atoms with E-state index in [1.807, 2.05) is 18.2 Å². The van der Waals surface area contributed by atoms with Gasteiger partial charge >= 0.3 is 5.97 Å². The summed E-state index contributed by atoms with van der Waals surface area (Å²) >= 11 is 0. The summed E-state index contributed by atoms with van der Waals surface area (Å²) in [5.74, 6) is -0.883. The van der Waals surface area contributed by atoms with Gasteiger partial charge in [-0.25, -0.2) is 0 Å². The van der Waals surface area contributed by atoms with Crippen molar-refractivity contribution >= 4 is 5.97 Å². The molecule has 1 N–H and O–H groups in total. The Morgan fingerprint density at radius 2 is 2.00 bits per heavy atom. The predicted molar refractivity (Wildman–Crippen MR) is 68.5 cm³/mol. The number of rotatable bonds is 3. The van der Waals surface area contributed by atoms with Gasteiger partial charge < -0.3 is 9.67 Å². The maximum Gasteiger partial charge on any atom is 0.307 e. The lowest BCUT2D eigenvalue weighted by atomic mass is 9.98. The molecular weight excluding hydrogens is 230 g/mol. The highest BCUT2D eigenvalue weighted by molar-refractivity contribution is 5.76. The van der Waals surface area contributed by atoms with Crippen molar-refractivity contribution < 1.29 is 9.90 Å². The smallest absolute Gasteiger partial charge is 0.307 e. The second-order valence-corrected chi connectivity index (χ2v) is 4.09. The Balaban J connectivity index is 2.52. The van der Waals surface area contributed by atoms with E-state index in [0.717, 1.165) is 11.1 Å². The molecule has 1 heterocycles. The van der Waals surface area contributed by atoms with E-state index < -0.39 is 5.97 Å². The summed E-state index contributed by atoms with van der Waals surface area (Å²) in [7, 11) is 1.68. The van der Waals surface area contributed by atoms with E-state index in [0.29, 0.717) is 5.56 Å². The molecule has 4 heteroatoms. The minimum Gasteiger partial charge on any atom is -0.481 e. The minimum absolute atomic E-state index is 0.0502. The summed E-state index contributed by atoms with van der Waals surface area (Å²) in [5.41, 5.74) is 2.13. The molecule has 0 radical (unpaired) electrons. The monoisotopic (exact) mass is 243 g/mol. The van der Waals surface area contributed by atoms with Crippen LogP contribution in [0.3, 0.4) is 0 Å². The average molecular weight is 243 g/mol. The number of benzene rings is 1. The molecular formula is C14H13NO3. The zero-order chi connectivity index (χ0) is 13.1. The largest absolute Gasteiger partial charge is 0.481 e. The highest BCUT2D eigenvalue weighted by Crippen LogP contribution is 2.22. The maximum atomic E-state index is 11.6. The van der Waals surface area contributed by atoms with Crippen LogP contribution in [0.15, 0.2) is 47.4 Å². The van der Waals surface area contributed by atoms with Gasteiger partial charge in [0.25, 0.3) is 5.56 Å². The molecule has 0 saturated carbocycles. The molecule has 92 valence electrons. The number of aliphatic carboxylic acids is 1. The first kappa shape index (κ1) is 12.1. The van der Waals surface area contributed by atoms with Gasteiger partial charge in [-0.3, -0.25) is 9.59 Å². The SMILES string of the molecule is Cn1ccc(-c2ccccc2CC(=O)O)cc1=O. The molecule has 2 rings (SSSR count). The van der Waals surface area contributed by atoms with Gasteiger partial charge in [0.05, 0.1) is 6.42 Å². The van der Waals surface area contributed by atoms with Crippen LogP contribution in [0, 0.1) is 0 Å². The number of carboxylic acids is 1. The topological polar surface area (TPSA) is 59.3 Å². The number of nitrogens with zero attached hydrogens (tertiary/aromatic N) is 1. The number of aryl methyl sites for hydroxylation is 1. The third-order valence-corrected chi connectivity index (χ3v) is 2.77. The highest BCUT2D eigenvalue weighted by Gasteiger charge is 2.08. The van der Waals surface area contributed by atoms with Crippen LogP contribution in [0.25, 0.3) is 11.1 Å². The van der Waals surface area contributed by atoms with Gasteiger partial charge in [-0.1, -0.05) is 24.3 Å². The van der Waals surface area contributed by atoms with Gasteiger partial charge in [0, 0.05) is 19.3 Å². The van der Waals surface area contributed by atoms with Crippen LogP contribution < -0.4 is 5.56 Å². The van der Waals surface area contributed by atoms with E-state index in [1.165, 1.54) is 10.6 Å². The van der Waals surface area contributed by atoms with E-state index in [-0.39, 0.29) is 12.0 Å². The molecule has 0 aliphatic heterocycles. The Labute approximate surface area is 104 Å². The normalized spacial score (nSPS) is 10.3. The number of hydrogen-bond donors (Lipinski definition) is 1. The van der Waals surface area contributed by atoms with Crippen LogP contribution in [0.4, 0.5) is 0 Å². The first-order valence-electron chi connectivity index (χ1n) is 5.54. The van der Waals surface area contributed by atoms with Crippen molar-refractivity contribution in [2.45, 2.75) is 6.42 Å². The summed E-state index contributed by atoms with van der Waals surface area (Å²) in [6, 6.07) is 10.5. The Kier molecular flexibility index (Phi) is 3.28. The molecule has 0 fully saturated rings. The molecule has 0 unspecified atom stereocenters. The summed E-state index contributed by atoms with van der Waals surface area (Å²) in [6.45, 7) is 0. The first-order chi connectivity index (χ1) is 8.58. The summed E-state index contributed by atoms with van der Waals surface area (Å²) in [5, 5.41) is 8.87. The van der Waals surface area contributed by atoms with Crippen LogP contribution >= 0.6 is 0 Å². The molecule has 0 spiro atoms. The van der Waals surface area contributed by atoms with E-state index >= 15 is 0 Å². The summed E-state index contributed by atoms with van der Waals surface area (Å²) in [4.78, 5) is 22.4. The molecule has 2 aromatic rings. The molecule has 0 aliphatic rings. The van der Waals surface area contributed by atoms with Gasteiger partial charge in [0.2, 0.25) is 0 Å². The van der Waals surface area contributed by atoms with E-state index in [4.69, 9.17) is 5.11 Å². The van der Waals surface area contributed by atoms with Crippen LogP contribution in [-0.4, -0.2) is 15.6 Å². The lowest BCUT2D eigenvalue weighted by molar-refractivity contribution is -0.136. The zero-order valence-electron chi connectivity index (χ0n) is 9.96. The fourth-order valence-corrected chi connectivity index (χ4v) is 1.84. The van der Waals surface area contributed by atoms with Crippen molar-refractivity contribution in [2.24, 2.45) is 7.05 Å². The number of carbonyl (C=O) groups is 1. The maximum absolute atomic E-state index is 11.6. The molecule has 18 heavy (non-hydrogen) atoms. The number of carboxylic acid groups (broad SMARTS) is 1. The van der Waals surface area contributed by atoms with Crippen LogP contribution in [-0.2, 0) is 18.3 Å². The summed E-state index contributed by atoms with van der Waals surface area (Å²) < 4.78 is 1.48. The Hall–Kier alpha value is -2.36. The molecule has 0 saturated heterocycles. The van der Waals surface area contributed by atoms with Crippen LogP contribution in [0.2, 0.25) is 0 Å². The lowest BCUT2D eigenvalue weighted by Crippen LogP contribution is -2.14. The second-order valence-electron chi connectivity index (χ2n) is 4.09. The fourth-order valence-electron chi connectivity index (χ4n) is 1.84. The van der Waals surface area contributed by atoms with Gasteiger partial charge in [-0.2, -0.15) is 0 Å². The molecule has 0 aliphatic carbocycles. The van der Waals surface area contributed by atoms with Gasteiger partial charge in [-0.05, 0) is 22.8 Å². The van der Waals surface area contributed by atoms with Gasteiger partial charge in [-0.15, -0.1) is 0 Å². The Morgan fingerprint density at radius 1 is 1.28 bits per heavy atom. The van der Waals surface area contributed by atoms with Gasteiger partial charge in [0.15, 0.2) is 0 Å². The van der Waals surface area contributed by atoms with E-state index in [9.17, 15) is 9.59 Å². The molecule has 4 nitrogen and oxygen atoms in total. The Morgan fingerprint density at radius 3 is 2.67 bits per heavy atom. The van der Waals surface area contributed by atoms with Gasteiger partial charge in [0.1, 0.15) is 0 Å². The van der Waals surface area contributed by atoms with Crippen molar-refractivity contribution in [1.82, 2.24) is 4.57 Å². The molecule has 1 aromatic heterocycles. The van der Waals surface area contributed by atoms with Crippen molar-refractivity contribution in [3.8, 4) is 11.1 Å². The van der Waals surface area contributed by atoms with E-state index in [1.54, 1.807) is 25.4 Å². The fraction of sp³-hybridized carbons (Fsp3) is 0.143. The molecule has 0 atom stereocenters. The average Bonchev–Trinajstić information content (AvgIpc) is 2.33. The first-order valence-corrected chi connectivity index (χ1v) is 5.54. The van der Waals surface area contributed by atoms with Crippen molar-refractivity contribution in [2.75, 3.05) is 0 Å². The Bertz CT molecular complexity index is 643. The van der Waals surface area contributed by atoms with E-state index in [2.05, 4.69) is 0 Å². The minimum atomic E-state index is -0.883. The highest BCUT2D eigenvalue weighted by atomic mass is 16.4. The third-order valence-electron chi connectivity index (χ3n) is 2.77. The summed E-state index contributed by atoms with van der Waals surface area (Å²) in [6.07, 6.45) is 1.63. The predicted octanol–water partition coefficient (Wildman–Crippen LogP) is 1.68. The lowest BCUT2D eigenvalue weighted by Gasteiger charge is -2.08. The second kappa shape index (κ2) is 4.87. The quantitative estimate of drug-likeness (QED) is 0.892. The number of hydrogen-bond acceptors (Lipinski definition) is 2. The van der Waals surface area contributed by atoms with Crippen molar-refractivity contribution in [3.05, 3.63) is 58.5 Å². The third kappa shape index (κ3) is 2.48. The zero-order valence-corrected chi connectivity index (χ0v) is 9.96. The van der Waals surface area contributed by atoms with Crippen LogP contribution in [0.1, 0.15) is 5.56 Å². The van der Waals surface area contributed by atoms with Crippen molar-refractivity contribution in [3.63, 3.8) is 0 Å².